The molecule has 3 aliphatic rings. The maximum absolute atomic E-state index is 6.43. The van der Waals surface area contributed by atoms with Gasteiger partial charge in [-0.25, -0.2) is 10.0 Å². The molecule has 0 N–H and O–H groups in total. The van der Waals surface area contributed by atoms with Crippen LogP contribution in [0, 0.1) is 5.92 Å². The summed E-state index contributed by atoms with van der Waals surface area (Å²) in [4.78, 5) is 4.74. The number of hydrogen-bond acceptors (Lipinski definition) is 4. The average molecular weight is 322 g/mol. The molecule has 1 aliphatic carbocycles. The molecule has 1 saturated heterocycles. The molecule has 120 valence electrons. The van der Waals surface area contributed by atoms with E-state index in [0.29, 0.717) is 12.5 Å². The molecular formula is C16H24ClN5. The fourth-order valence-corrected chi connectivity index (χ4v) is 3.73. The fourth-order valence-electron chi connectivity index (χ4n) is 3.30. The van der Waals surface area contributed by atoms with E-state index in [9.17, 15) is 0 Å². The SMILES string of the molecule is C=NN1C(=NCC(=C)C2CC2)CCC1C1C(Cl)=CN(C)N1C. The van der Waals surface area contributed by atoms with Crippen molar-refractivity contribution >= 4 is 24.2 Å². The Balaban J connectivity index is 1.72. The van der Waals surface area contributed by atoms with Crippen LogP contribution in [0.15, 0.2) is 33.5 Å². The highest BCUT2D eigenvalue weighted by Crippen LogP contribution is 2.36. The van der Waals surface area contributed by atoms with Gasteiger partial charge in [-0.05, 0) is 25.2 Å². The summed E-state index contributed by atoms with van der Waals surface area (Å²) < 4.78 is 0. The van der Waals surface area contributed by atoms with Crippen molar-refractivity contribution in [3.8, 4) is 0 Å². The number of hydrogen-bond donors (Lipinski definition) is 0. The van der Waals surface area contributed by atoms with Crippen molar-refractivity contribution in [3.05, 3.63) is 23.4 Å². The number of halogens is 1. The van der Waals surface area contributed by atoms with Gasteiger partial charge in [-0.1, -0.05) is 23.8 Å². The van der Waals surface area contributed by atoms with Crippen LogP contribution in [0.5, 0.6) is 0 Å². The van der Waals surface area contributed by atoms with Crippen LogP contribution in [-0.4, -0.2) is 60.3 Å². The Morgan fingerprint density at radius 1 is 1.36 bits per heavy atom. The Labute approximate surface area is 137 Å². The monoisotopic (exact) mass is 321 g/mol. The van der Waals surface area contributed by atoms with E-state index in [1.165, 1.54) is 18.4 Å². The van der Waals surface area contributed by atoms with Crippen LogP contribution < -0.4 is 0 Å². The number of likely N-dealkylation sites (N-methyl/N-ethyl adjacent to an activating group) is 1. The normalized spacial score (nSPS) is 31.0. The molecule has 0 aromatic carbocycles. The number of hydrazone groups is 1. The zero-order chi connectivity index (χ0) is 15.9. The number of amidine groups is 1. The van der Waals surface area contributed by atoms with Gasteiger partial charge in [-0.2, -0.15) is 5.10 Å². The molecule has 0 aromatic heterocycles. The van der Waals surface area contributed by atoms with E-state index < -0.39 is 0 Å². The summed E-state index contributed by atoms with van der Waals surface area (Å²) in [6.45, 7) is 8.59. The Morgan fingerprint density at radius 3 is 2.64 bits per heavy atom. The molecule has 0 radical (unpaired) electrons. The van der Waals surface area contributed by atoms with Gasteiger partial charge in [0.1, 0.15) is 5.84 Å². The van der Waals surface area contributed by atoms with Gasteiger partial charge in [-0.15, -0.1) is 0 Å². The first kappa shape index (κ1) is 15.6. The van der Waals surface area contributed by atoms with Gasteiger partial charge in [0, 0.05) is 33.4 Å². The third-order valence-corrected chi connectivity index (χ3v) is 5.19. The summed E-state index contributed by atoms with van der Waals surface area (Å²) in [5.74, 6) is 1.70. The summed E-state index contributed by atoms with van der Waals surface area (Å²) in [6, 6.07) is 0.292. The molecule has 2 aliphatic heterocycles. The molecule has 2 fully saturated rings. The highest BCUT2D eigenvalue weighted by molar-refractivity contribution is 6.30. The van der Waals surface area contributed by atoms with Crippen molar-refractivity contribution in [2.45, 2.75) is 37.8 Å². The second-order valence-electron chi connectivity index (χ2n) is 6.36. The van der Waals surface area contributed by atoms with E-state index in [2.05, 4.69) is 23.4 Å². The van der Waals surface area contributed by atoms with Gasteiger partial charge in [0.05, 0.1) is 23.7 Å². The fraction of sp³-hybridized carbons (Fsp3) is 0.625. The van der Waals surface area contributed by atoms with Crippen LogP contribution in [0.3, 0.4) is 0 Å². The lowest BCUT2D eigenvalue weighted by atomic mass is 10.1. The molecule has 1 saturated carbocycles. The largest absolute Gasteiger partial charge is 0.314 e. The van der Waals surface area contributed by atoms with Gasteiger partial charge in [0.25, 0.3) is 0 Å². The minimum absolute atomic E-state index is 0.108. The van der Waals surface area contributed by atoms with Gasteiger partial charge in [0.2, 0.25) is 0 Å². The van der Waals surface area contributed by atoms with Crippen LogP contribution in [0.25, 0.3) is 0 Å². The summed E-state index contributed by atoms with van der Waals surface area (Å²) in [6.07, 6.45) is 6.41. The zero-order valence-corrected chi connectivity index (χ0v) is 14.1. The number of aliphatic imine (C=N–C) groups is 1. The van der Waals surface area contributed by atoms with Crippen molar-refractivity contribution in [3.63, 3.8) is 0 Å². The minimum Gasteiger partial charge on any atom is -0.314 e. The molecule has 2 heterocycles. The third kappa shape index (κ3) is 2.79. The van der Waals surface area contributed by atoms with Crippen LogP contribution in [0.4, 0.5) is 0 Å². The number of rotatable bonds is 5. The predicted molar refractivity (Wildman–Crippen MR) is 91.8 cm³/mol. The van der Waals surface area contributed by atoms with Gasteiger partial charge in [-0.3, -0.25) is 4.99 Å². The molecule has 2 unspecified atom stereocenters. The Kier molecular flexibility index (Phi) is 4.28. The van der Waals surface area contributed by atoms with Crippen molar-refractivity contribution in [1.29, 1.82) is 0 Å². The molecule has 0 spiro atoms. The van der Waals surface area contributed by atoms with Gasteiger partial charge in [0.15, 0.2) is 0 Å². The lowest BCUT2D eigenvalue weighted by Crippen LogP contribution is -2.47. The molecule has 0 amide bonds. The van der Waals surface area contributed by atoms with E-state index in [1.54, 1.807) is 0 Å². The quantitative estimate of drug-likeness (QED) is 0.577. The van der Waals surface area contributed by atoms with E-state index in [1.807, 2.05) is 30.3 Å². The average Bonchev–Trinajstić information content (AvgIpc) is 3.21. The molecule has 0 aromatic rings. The third-order valence-electron chi connectivity index (χ3n) is 4.87. The summed E-state index contributed by atoms with van der Waals surface area (Å²) in [5.41, 5.74) is 1.25. The first-order valence-corrected chi connectivity index (χ1v) is 8.20. The van der Waals surface area contributed by atoms with Crippen molar-refractivity contribution in [2.24, 2.45) is 16.0 Å². The first-order chi connectivity index (χ1) is 10.5. The first-order valence-electron chi connectivity index (χ1n) is 7.82. The molecular weight excluding hydrogens is 298 g/mol. The number of nitrogens with zero attached hydrogens (tertiary/aromatic N) is 5. The summed E-state index contributed by atoms with van der Waals surface area (Å²) in [7, 11) is 4.04. The maximum Gasteiger partial charge on any atom is 0.120 e. The van der Waals surface area contributed by atoms with Crippen LogP contribution in [0.1, 0.15) is 25.7 Å². The Morgan fingerprint density at radius 2 is 2.09 bits per heavy atom. The van der Waals surface area contributed by atoms with E-state index in [4.69, 9.17) is 16.6 Å². The van der Waals surface area contributed by atoms with Gasteiger partial charge < -0.3 is 5.01 Å². The van der Waals surface area contributed by atoms with E-state index in [-0.39, 0.29) is 12.1 Å². The molecule has 22 heavy (non-hydrogen) atoms. The molecule has 0 bridgehead atoms. The lowest BCUT2D eigenvalue weighted by Gasteiger charge is -2.34. The number of hydrazine groups is 1. The van der Waals surface area contributed by atoms with E-state index in [0.717, 1.165) is 23.7 Å². The highest BCUT2D eigenvalue weighted by atomic mass is 35.5. The standard InChI is InChI=1S/C16H24ClN5/c1-11(12-5-6-12)9-19-15-8-7-14(22(15)18-2)16-13(17)10-20(3)21(16)4/h10,12,14,16H,1-2,5-9H2,3-4H3. The van der Waals surface area contributed by atoms with Gasteiger partial charge >= 0.3 is 0 Å². The van der Waals surface area contributed by atoms with E-state index >= 15 is 0 Å². The minimum atomic E-state index is 0.108. The van der Waals surface area contributed by atoms with Crippen LogP contribution in [0.2, 0.25) is 0 Å². The van der Waals surface area contributed by atoms with Crippen LogP contribution in [-0.2, 0) is 0 Å². The summed E-state index contributed by atoms with van der Waals surface area (Å²) in [5, 5.41) is 11.2. The van der Waals surface area contributed by atoms with Crippen molar-refractivity contribution < 1.29 is 0 Å². The van der Waals surface area contributed by atoms with Crippen molar-refractivity contribution in [2.75, 3.05) is 20.6 Å². The summed E-state index contributed by atoms with van der Waals surface area (Å²) >= 11 is 6.43. The van der Waals surface area contributed by atoms with Crippen LogP contribution >= 0.6 is 11.6 Å². The Hall–Kier alpha value is -1.33. The van der Waals surface area contributed by atoms with Crippen molar-refractivity contribution in [1.82, 2.24) is 15.0 Å². The maximum atomic E-state index is 6.43. The second kappa shape index (κ2) is 6.05. The topological polar surface area (TPSA) is 34.4 Å². The molecule has 2 atom stereocenters. The smallest absolute Gasteiger partial charge is 0.120 e. The predicted octanol–water partition coefficient (Wildman–Crippen LogP) is 2.67. The highest BCUT2D eigenvalue weighted by Gasteiger charge is 2.42. The molecule has 5 nitrogen and oxygen atoms in total. The zero-order valence-electron chi connectivity index (χ0n) is 13.4. The second-order valence-corrected chi connectivity index (χ2v) is 6.80. The lowest BCUT2D eigenvalue weighted by molar-refractivity contribution is 0.0434. The molecule has 3 rings (SSSR count). The Bertz CT molecular complexity index is 537. The molecule has 6 heteroatoms.